The Bertz CT molecular complexity index is 533. The molecule has 0 heterocycles. The van der Waals surface area contributed by atoms with Crippen LogP contribution in [0, 0.1) is 5.41 Å². The first-order chi connectivity index (χ1) is 11.7. The number of rotatable bonds is 9. The summed E-state index contributed by atoms with van der Waals surface area (Å²) in [6.07, 6.45) is 4.99. The van der Waals surface area contributed by atoms with E-state index in [1.807, 2.05) is 13.1 Å². The minimum absolute atomic E-state index is 0. The van der Waals surface area contributed by atoms with Gasteiger partial charge in [-0.25, -0.2) is 0 Å². The number of ether oxygens (including phenoxy) is 2. The molecule has 0 bridgehead atoms. The van der Waals surface area contributed by atoms with E-state index in [0.29, 0.717) is 12.0 Å². The smallest absolute Gasteiger partial charge is 0.191 e. The molecule has 5 nitrogen and oxygen atoms in total. The summed E-state index contributed by atoms with van der Waals surface area (Å²) >= 11 is 0. The van der Waals surface area contributed by atoms with Crippen molar-refractivity contribution in [3.63, 3.8) is 0 Å². The van der Waals surface area contributed by atoms with E-state index in [1.54, 1.807) is 14.2 Å². The second kappa shape index (κ2) is 11.7. The van der Waals surface area contributed by atoms with E-state index in [2.05, 4.69) is 33.8 Å². The number of halogens is 1. The van der Waals surface area contributed by atoms with Crippen molar-refractivity contribution in [3.8, 4) is 0 Å². The Kier molecular flexibility index (Phi) is 10.4. The van der Waals surface area contributed by atoms with Gasteiger partial charge >= 0.3 is 0 Å². The maximum Gasteiger partial charge on any atom is 0.191 e. The fourth-order valence-corrected chi connectivity index (χ4v) is 3.21. The number of methoxy groups -OCH3 is 2. The largest absolute Gasteiger partial charge is 0.385 e. The third-order valence-electron chi connectivity index (χ3n) is 4.97. The van der Waals surface area contributed by atoms with Gasteiger partial charge in [0.1, 0.15) is 0 Å². The normalized spacial score (nSPS) is 15.9. The zero-order valence-corrected chi connectivity index (χ0v) is 18.0. The third-order valence-corrected chi connectivity index (χ3v) is 4.97. The van der Waals surface area contributed by atoms with Crippen molar-refractivity contribution in [2.45, 2.75) is 38.8 Å². The molecule has 1 fully saturated rings. The first kappa shape index (κ1) is 22.2. The number of aliphatic imine (C=N–C) groups is 1. The molecule has 2 rings (SSSR count). The summed E-state index contributed by atoms with van der Waals surface area (Å²) in [4.78, 5) is 4.35. The van der Waals surface area contributed by atoms with Gasteiger partial charge in [0, 0.05) is 41.0 Å². The Labute approximate surface area is 169 Å². The maximum absolute atomic E-state index is 5.27. The first-order valence-electron chi connectivity index (χ1n) is 8.72. The van der Waals surface area contributed by atoms with E-state index < -0.39 is 0 Å². The van der Waals surface area contributed by atoms with Crippen LogP contribution < -0.4 is 10.6 Å². The van der Waals surface area contributed by atoms with Crippen LogP contribution in [0.5, 0.6) is 0 Å². The average Bonchev–Trinajstić information content (AvgIpc) is 2.57. The maximum atomic E-state index is 5.27. The van der Waals surface area contributed by atoms with Gasteiger partial charge in [-0.1, -0.05) is 30.7 Å². The first-order valence-corrected chi connectivity index (χ1v) is 8.72. The molecule has 0 aromatic heterocycles. The Morgan fingerprint density at radius 1 is 1.12 bits per heavy atom. The molecule has 0 saturated heterocycles. The molecule has 1 aliphatic carbocycles. The molecule has 1 aromatic rings. The predicted molar refractivity (Wildman–Crippen MR) is 114 cm³/mol. The molecule has 0 spiro atoms. The molecule has 142 valence electrons. The fourth-order valence-electron chi connectivity index (χ4n) is 3.21. The van der Waals surface area contributed by atoms with Crippen molar-refractivity contribution >= 4 is 29.9 Å². The number of nitrogens with zero attached hydrogens (tertiary/aromatic N) is 1. The van der Waals surface area contributed by atoms with E-state index in [0.717, 1.165) is 32.1 Å². The molecular formula is C19H32IN3O2. The quantitative estimate of drug-likeness (QED) is 0.337. The van der Waals surface area contributed by atoms with Crippen LogP contribution in [-0.2, 0) is 22.6 Å². The van der Waals surface area contributed by atoms with Gasteiger partial charge in [-0.15, -0.1) is 24.0 Å². The second-order valence-electron chi connectivity index (χ2n) is 6.58. The molecule has 0 unspecified atom stereocenters. The van der Waals surface area contributed by atoms with Gasteiger partial charge in [0.05, 0.1) is 6.61 Å². The molecule has 25 heavy (non-hydrogen) atoms. The lowest BCUT2D eigenvalue weighted by atomic mass is 9.67. The van der Waals surface area contributed by atoms with Gasteiger partial charge in [-0.2, -0.15) is 0 Å². The molecule has 0 aliphatic heterocycles. The second-order valence-corrected chi connectivity index (χ2v) is 6.58. The SMILES string of the molecule is CN=C(NCc1ccccc1COC)NCC1(CCOC)CCC1.I. The highest BCUT2D eigenvalue weighted by Crippen LogP contribution is 2.43. The molecular weight excluding hydrogens is 429 g/mol. The lowest BCUT2D eigenvalue weighted by Crippen LogP contribution is -2.46. The van der Waals surface area contributed by atoms with E-state index >= 15 is 0 Å². The van der Waals surface area contributed by atoms with Crippen LogP contribution in [0.1, 0.15) is 36.8 Å². The average molecular weight is 461 g/mol. The Morgan fingerprint density at radius 2 is 1.84 bits per heavy atom. The van der Waals surface area contributed by atoms with Gasteiger partial charge in [0.2, 0.25) is 0 Å². The van der Waals surface area contributed by atoms with Crippen LogP contribution >= 0.6 is 24.0 Å². The van der Waals surface area contributed by atoms with Gasteiger partial charge in [-0.05, 0) is 35.8 Å². The Morgan fingerprint density at radius 3 is 2.40 bits per heavy atom. The van der Waals surface area contributed by atoms with Crippen LogP contribution in [0.15, 0.2) is 29.3 Å². The number of nitrogens with one attached hydrogen (secondary N) is 2. The summed E-state index contributed by atoms with van der Waals surface area (Å²) in [5, 5.41) is 6.91. The molecule has 0 amide bonds. The van der Waals surface area contributed by atoms with Crippen molar-refractivity contribution in [3.05, 3.63) is 35.4 Å². The summed E-state index contributed by atoms with van der Waals surface area (Å²) in [6, 6.07) is 8.33. The minimum Gasteiger partial charge on any atom is -0.385 e. The molecule has 0 radical (unpaired) electrons. The van der Waals surface area contributed by atoms with E-state index in [9.17, 15) is 0 Å². The number of hydrogen-bond acceptors (Lipinski definition) is 3. The Hall–Kier alpha value is -0.860. The molecule has 6 heteroatoms. The zero-order valence-electron chi connectivity index (χ0n) is 15.6. The molecule has 0 atom stereocenters. The van der Waals surface area contributed by atoms with E-state index in [1.165, 1.54) is 30.4 Å². The predicted octanol–water partition coefficient (Wildman–Crippen LogP) is 3.32. The van der Waals surface area contributed by atoms with Crippen LogP contribution in [0.2, 0.25) is 0 Å². The number of guanidine groups is 1. The van der Waals surface area contributed by atoms with Crippen molar-refractivity contribution < 1.29 is 9.47 Å². The van der Waals surface area contributed by atoms with Gasteiger partial charge in [0.15, 0.2) is 5.96 Å². The molecule has 1 aliphatic rings. The Balaban J connectivity index is 0.00000312. The fraction of sp³-hybridized carbons (Fsp3) is 0.632. The summed E-state index contributed by atoms with van der Waals surface area (Å²) in [5.74, 6) is 0.853. The summed E-state index contributed by atoms with van der Waals surface area (Å²) in [7, 11) is 5.32. The number of benzene rings is 1. The number of hydrogen-bond donors (Lipinski definition) is 2. The molecule has 1 saturated carbocycles. The summed E-state index contributed by atoms with van der Waals surface area (Å²) in [5.41, 5.74) is 2.82. The lowest BCUT2D eigenvalue weighted by Gasteiger charge is -2.42. The lowest BCUT2D eigenvalue weighted by molar-refractivity contribution is 0.0732. The van der Waals surface area contributed by atoms with Gasteiger partial charge in [-0.3, -0.25) is 4.99 Å². The zero-order chi connectivity index (χ0) is 17.3. The van der Waals surface area contributed by atoms with Crippen molar-refractivity contribution in [2.24, 2.45) is 10.4 Å². The van der Waals surface area contributed by atoms with E-state index in [-0.39, 0.29) is 24.0 Å². The van der Waals surface area contributed by atoms with Crippen LogP contribution in [-0.4, -0.2) is 40.4 Å². The monoisotopic (exact) mass is 461 g/mol. The minimum atomic E-state index is 0. The van der Waals surface area contributed by atoms with Gasteiger partial charge in [0.25, 0.3) is 0 Å². The van der Waals surface area contributed by atoms with Gasteiger partial charge < -0.3 is 20.1 Å². The van der Waals surface area contributed by atoms with Crippen molar-refractivity contribution in [1.82, 2.24) is 10.6 Å². The standard InChI is InChI=1S/C19H31N3O2.HI/c1-20-18(22-15-19(9-6-10-19)11-12-23-2)21-13-16-7-4-5-8-17(16)14-24-3;/h4-5,7-8H,6,9-15H2,1-3H3,(H2,20,21,22);1H. The van der Waals surface area contributed by atoms with Crippen molar-refractivity contribution in [2.75, 3.05) is 34.4 Å². The van der Waals surface area contributed by atoms with Crippen LogP contribution in [0.4, 0.5) is 0 Å². The highest BCUT2D eigenvalue weighted by Gasteiger charge is 2.36. The summed E-state index contributed by atoms with van der Waals surface area (Å²) in [6.45, 7) is 3.15. The summed E-state index contributed by atoms with van der Waals surface area (Å²) < 4.78 is 10.5. The highest BCUT2D eigenvalue weighted by molar-refractivity contribution is 14.0. The van der Waals surface area contributed by atoms with Crippen molar-refractivity contribution in [1.29, 1.82) is 0 Å². The third kappa shape index (κ3) is 6.75. The molecule has 1 aromatic carbocycles. The highest BCUT2D eigenvalue weighted by atomic mass is 127. The molecule has 2 N–H and O–H groups in total. The topological polar surface area (TPSA) is 54.9 Å². The van der Waals surface area contributed by atoms with Crippen LogP contribution in [0.3, 0.4) is 0 Å². The van der Waals surface area contributed by atoms with E-state index in [4.69, 9.17) is 9.47 Å². The van der Waals surface area contributed by atoms with Crippen LogP contribution in [0.25, 0.3) is 0 Å².